The molecule has 118 valence electrons. The zero-order valence-electron chi connectivity index (χ0n) is 12.9. The number of hydrogen-bond donors (Lipinski definition) is 0. The Morgan fingerprint density at radius 3 is 2.95 bits per heavy atom. The number of fused-ring (bicyclic) bond motifs is 1. The van der Waals surface area contributed by atoms with Gasteiger partial charge in [-0.1, -0.05) is 12.1 Å². The first-order valence-corrected chi connectivity index (χ1v) is 7.47. The fourth-order valence-electron chi connectivity index (χ4n) is 3.10. The maximum absolute atomic E-state index is 12.6. The molecule has 0 bridgehead atoms. The molecule has 0 N–H and O–H groups in total. The molecule has 0 saturated carbocycles. The monoisotopic (exact) mass is 304 g/mol. The Hall–Kier alpha value is -2.24. The van der Waals surface area contributed by atoms with Crippen molar-refractivity contribution in [3.05, 3.63) is 23.8 Å². The molecule has 0 unspecified atom stereocenters. The smallest absolute Gasteiger partial charge is 0.245 e. The van der Waals surface area contributed by atoms with Crippen molar-refractivity contribution in [1.82, 2.24) is 9.80 Å². The van der Waals surface area contributed by atoms with E-state index in [2.05, 4.69) is 0 Å². The molecule has 1 aromatic rings. The minimum Gasteiger partial charge on any atom is -0.454 e. The number of nitrogens with zero attached hydrogens (tertiary/aromatic N) is 2. The summed E-state index contributed by atoms with van der Waals surface area (Å²) in [5, 5.41) is 0. The van der Waals surface area contributed by atoms with Gasteiger partial charge in [-0.2, -0.15) is 0 Å². The predicted molar refractivity (Wildman–Crippen MR) is 79.4 cm³/mol. The van der Waals surface area contributed by atoms with Gasteiger partial charge in [0.1, 0.15) is 6.04 Å². The molecular formula is C16H20N2O4. The maximum Gasteiger partial charge on any atom is 0.245 e. The Morgan fingerprint density at radius 1 is 1.36 bits per heavy atom. The quantitative estimate of drug-likeness (QED) is 0.846. The van der Waals surface area contributed by atoms with Gasteiger partial charge in [0, 0.05) is 32.6 Å². The molecule has 6 nitrogen and oxygen atoms in total. The molecule has 0 aromatic heterocycles. The minimum atomic E-state index is -0.337. The van der Waals surface area contributed by atoms with Gasteiger partial charge >= 0.3 is 0 Å². The molecule has 2 heterocycles. The van der Waals surface area contributed by atoms with Crippen LogP contribution in [0.15, 0.2) is 18.2 Å². The summed E-state index contributed by atoms with van der Waals surface area (Å²) in [6.45, 7) is 2.83. The van der Waals surface area contributed by atoms with Crippen LogP contribution in [0.5, 0.6) is 11.5 Å². The SMILES string of the molecule is CC(=O)N1CCC[C@@H]1C(=O)N(C)Cc1cccc2c1OCO2. The van der Waals surface area contributed by atoms with E-state index in [1.54, 1.807) is 16.8 Å². The van der Waals surface area contributed by atoms with Crippen LogP contribution in [0.1, 0.15) is 25.3 Å². The first-order valence-electron chi connectivity index (χ1n) is 7.47. The highest BCUT2D eigenvalue weighted by molar-refractivity contribution is 5.87. The lowest BCUT2D eigenvalue weighted by Crippen LogP contribution is -2.45. The highest BCUT2D eigenvalue weighted by Crippen LogP contribution is 2.36. The van der Waals surface area contributed by atoms with Gasteiger partial charge in [-0.05, 0) is 18.9 Å². The lowest BCUT2D eigenvalue weighted by atomic mass is 10.1. The van der Waals surface area contributed by atoms with Crippen LogP contribution in [0, 0.1) is 0 Å². The van der Waals surface area contributed by atoms with Crippen molar-refractivity contribution in [3.63, 3.8) is 0 Å². The fraction of sp³-hybridized carbons (Fsp3) is 0.500. The van der Waals surface area contributed by atoms with Crippen molar-refractivity contribution < 1.29 is 19.1 Å². The summed E-state index contributed by atoms with van der Waals surface area (Å²) < 4.78 is 10.8. The second-order valence-corrected chi connectivity index (χ2v) is 5.72. The highest BCUT2D eigenvalue weighted by Gasteiger charge is 2.34. The molecule has 6 heteroatoms. The molecule has 1 fully saturated rings. The molecule has 3 rings (SSSR count). The van der Waals surface area contributed by atoms with Crippen molar-refractivity contribution in [2.45, 2.75) is 32.4 Å². The summed E-state index contributed by atoms with van der Waals surface area (Å²) in [6.07, 6.45) is 1.61. The van der Waals surface area contributed by atoms with Gasteiger partial charge in [0.15, 0.2) is 11.5 Å². The second kappa shape index (κ2) is 5.87. The van der Waals surface area contributed by atoms with E-state index in [1.807, 2.05) is 18.2 Å². The average Bonchev–Trinajstić information content (AvgIpc) is 3.15. The second-order valence-electron chi connectivity index (χ2n) is 5.72. The third-order valence-electron chi connectivity index (χ3n) is 4.20. The molecule has 2 aliphatic rings. The summed E-state index contributed by atoms with van der Waals surface area (Å²) in [5.74, 6) is 1.35. The zero-order chi connectivity index (χ0) is 15.7. The molecule has 0 aliphatic carbocycles. The molecule has 1 aromatic carbocycles. The summed E-state index contributed by atoms with van der Waals surface area (Å²) in [4.78, 5) is 27.6. The predicted octanol–water partition coefficient (Wildman–Crippen LogP) is 1.38. The standard InChI is InChI=1S/C16H20N2O4/c1-11(19)18-8-4-6-13(18)16(20)17(2)9-12-5-3-7-14-15(12)22-10-21-14/h3,5,7,13H,4,6,8-10H2,1-2H3/t13-/m1/s1. The lowest BCUT2D eigenvalue weighted by Gasteiger charge is -2.27. The maximum atomic E-state index is 12.6. The molecular weight excluding hydrogens is 284 g/mol. The van der Waals surface area contributed by atoms with E-state index in [1.165, 1.54) is 6.92 Å². The molecule has 22 heavy (non-hydrogen) atoms. The normalized spacial score (nSPS) is 19.4. The Kier molecular flexibility index (Phi) is 3.92. The van der Waals surface area contributed by atoms with E-state index in [-0.39, 0.29) is 24.6 Å². The van der Waals surface area contributed by atoms with Gasteiger partial charge in [-0.25, -0.2) is 0 Å². The number of benzene rings is 1. The van der Waals surface area contributed by atoms with Crippen molar-refractivity contribution in [1.29, 1.82) is 0 Å². The molecule has 1 saturated heterocycles. The highest BCUT2D eigenvalue weighted by atomic mass is 16.7. The largest absolute Gasteiger partial charge is 0.454 e. The number of hydrogen-bond acceptors (Lipinski definition) is 4. The van der Waals surface area contributed by atoms with E-state index >= 15 is 0 Å². The summed E-state index contributed by atoms with van der Waals surface area (Å²) in [5.41, 5.74) is 0.915. The van der Waals surface area contributed by atoms with Crippen LogP contribution in [-0.2, 0) is 16.1 Å². The third kappa shape index (κ3) is 2.61. The van der Waals surface area contributed by atoms with E-state index in [0.29, 0.717) is 24.6 Å². The van der Waals surface area contributed by atoms with E-state index in [9.17, 15) is 9.59 Å². The van der Waals surface area contributed by atoms with Gasteiger partial charge in [0.25, 0.3) is 0 Å². The van der Waals surface area contributed by atoms with E-state index < -0.39 is 0 Å². The van der Waals surface area contributed by atoms with Crippen molar-refractivity contribution in [3.8, 4) is 11.5 Å². The summed E-state index contributed by atoms with van der Waals surface area (Å²) in [6, 6.07) is 5.33. The molecule has 0 radical (unpaired) electrons. The van der Waals surface area contributed by atoms with Gasteiger partial charge in [-0.3, -0.25) is 9.59 Å². The van der Waals surface area contributed by atoms with Gasteiger partial charge in [0.05, 0.1) is 0 Å². The average molecular weight is 304 g/mol. The van der Waals surface area contributed by atoms with Crippen LogP contribution in [0.4, 0.5) is 0 Å². The van der Waals surface area contributed by atoms with Gasteiger partial charge in [0.2, 0.25) is 18.6 Å². The Balaban J connectivity index is 1.72. The Morgan fingerprint density at radius 2 is 2.18 bits per heavy atom. The van der Waals surface area contributed by atoms with Crippen molar-refractivity contribution in [2.75, 3.05) is 20.4 Å². The first kappa shape index (κ1) is 14.7. The van der Waals surface area contributed by atoms with Crippen LogP contribution in [-0.4, -0.2) is 48.0 Å². The van der Waals surface area contributed by atoms with Crippen LogP contribution >= 0.6 is 0 Å². The van der Waals surface area contributed by atoms with Gasteiger partial charge in [-0.15, -0.1) is 0 Å². The third-order valence-corrected chi connectivity index (χ3v) is 4.20. The summed E-state index contributed by atoms with van der Waals surface area (Å²) >= 11 is 0. The lowest BCUT2D eigenvalue weighted by molar-refractivity contribution is -0.142. The molecule has 2 amide bonds. The number of amides is 2. The number of carbonyl (C=O) groups is 2. The summed E-state index contributed by atoms with van der Waals surface area (Å²) in [7, 11) is 1.76. The fourth-order valence-corrected chi connectivity index (χ4v) is 3.10. The van der Waals surface area contributed by atoms with E-state index in [0.717, 1.165) is 18.4 Å². The number of para-hydroxylation sites is 1. The Bertz CT molecular complexity index is 602. The zero-order valence-corrected chi connectivity index (χ0v) is 12.9. The van der Waals surface area contributed by atoms with Crippen LogP contribution in [0.3, 0.4) is 0 Å². The van der Waals surface area contributed by atoms with E-state index in [4.69, 9.17) is 9.47 Å². The van der Waals surface area contributed by atoms with Crippen molar-refractivity contribution in [2.24, 2.45) is 0 Å². The first-order chi connectivity index (χ1) is 10.6. The van der Waals surface area contributed by atoms with Gasteiger partial charge < -0.3 is 19.3 Å². The number of rotatable bonds is 3. The number of ether oxygens (including phenoxy) is 2. The topological polar surface area (TPSA) is 59.1 Å². The number of carbonyl (C=O) groups excluding carboxylic acids is 2. The molecule has 2 aliphatic heterocycles. The van der Waals surface area contributed by atoms with Crippen LogP contribution < -0.4 is 9.47 Å². The molecule has 0 spiro atoms. The Labute approximate surface area is 129 Å². The molecule has 1 atom stereocenters. The number of likely N-dealkylation sites (N-methyl/N-ethyl adjacent to an activating group) is 1. The minimum absolute atomic E-state index is 0.0239. The van der Waals surface area contributed by atoms with Crippen LogP contribution in [0.2, 0.25) is 0 Å². The number of likely N-dealkylation sites (tertiary alicyclic amines) is 1. The van der Waals surface area contributed by atoms with Crippen LogP contribution in [0.25, 0.3) is 0 Å². The van der Waals surface area contributed by atoms with Crippen molar-refractivity contribution >= 4 is 11.8 Å².